The Morgan fingerprint density at radius 3 is 1.54 bits per heavy atom. The lowest BCUT2D eigenvalue weighted by Gasteiger charge is -2.30. The normalized spacial score (nSPS) is 11.8. The molecule has 194 valence electrons. The minimum absolute atomic E-state index is 0. The SMILES string of the molecule is Br.NCc1c(CN(Cc2ccccc2)Cc2ccccc2)cccc1C(F)(F)C(F)(F)c1ccccc1. The van der Waals surface area contributed by atoms with Crippen LogP contribution in [0.3, 0.4) is 0 Å². The zero-order valence-corrected chi connectivity index (χ0v) is 21.9. The summed E-state index contributed by atoms with van der Waals surface area (Å²) in [6, 6.07) is 29.9. The van der Waals surface area contributed by atoms with Crippen LogP contribution in [0.2, 0.25) is 0 Å². The summed E-state index contributed by atoms with van der Waals surface area (Å²) in [6.45, 7) is 1.11. The van der Waals surface area contributed by atoms with Gasteiger partial charge in [-0.2, -0.15) is 17.6 Å². The lowest BCUT2D eigenvalue weighted by Crippen LogP contribution is -2.37. The van der Waals surface area contributed by atoms with E-state index in [2.05, 4.69) is 4.90 Å². The van der Waals surface area contributed by atoms with Gasteiger partial charge >= 0.3 is 11.8 Å². The zero-order chi connectivity index (χ0) is 25.6. The van der Waals surface area contributed by atoms with Gasteiger partial charge in [0, 0.05) is 37.3 Å². The van der Waals surface area contributed by atoms with E-state index in [0.717, 1.165) is 29.3 Å². The smallest absolute Gasteiger partial charge is 0.326 e. The van der Waals surface area contributed by atoms with Crippen LogP contribution in [-0.2, 0) is 38.0 Å². The summed E-state index contributed by atoms with van der Waals surface area (Å²) in [7, 11) is 0. The zero-order valence-electron chi connectivity index (χ0n) is 20.2. The van der Waals surface area contributed by atoms with Gasteiger partial charge in [-0.1, -0.05) is 109 Å². The first-order chi connectivity index (χ1) is 17.3. The molecule has 0 spiro atoms. The number of nitrogens with zero attached hydrogens (tertiary/aromatic N) is 1. The molecule has 0 aliphatic carbocycles. The van der Waals surface area contributed by atoms with E-state index in [0.29, 0.717) is 18.7 Å². The van der Waals surface area contributed by atoms with Crippen LogP contribution in [0.25, 0.3) is 0 Å². The molecule has 4 aromatic rings. The topological polar surface area (TPSA) is 29.3 Å². The third-order valence-corrected chi connectivity index (χ3v) is 6.24. The predicted octanol–water partition coefficient (Wildman–Crippen LogP) is 7.81. The highest BCUT2D eigenvalue weighted by molar-refractivity contribution is 8.93. The van der Waals surface area contributed by atoms with Gasteiger partial charge in [0.1, 0.15) is 0 Å². The minimum Gasteiger partial charge on any atom is -0.326 e. The monoisotopic (exact) mass is 572 g/mol. The van der Waals surface area contributed by atoms with Gasteiger partial charge in [-0.25, -0.2) is 0 Å². The molecule has 0 heterocycles. The molecule has 4 rings (SSSR count). The van der Waals surface area contributed by atoms with Crippen molar-refractivity contribution in [1.82, 2.24) is 4.90 Å². The maximum Gasteiger partial charge on any atom is 0.340 e. The Balaban J connectivity index is 0.00000380. The lowest BCUT2D eigenvalue weighted by atomic mass is 9.90. The first-order valence-electron chi connectivity index (χ1n) is 11.8. The number of nitrogens with two attached hydrogens (primary N) is 1. The predicted molar refractivity (Wildman–Crippen MR) is 145 cm³/mol. The van der Waals surface area contributed by atoms with Gasteiger partial charge < -0.3 is 5.73 Å². The first kappa shape index (κ1) is 28.6. The second-order valence-electron chi connectivity index (χ2n) is 8.78. The summed E-state index contributed by atoms with van der Waals surface area (Å²) in [6.07, 6.45) is 0. The molecule has 37 heavy (non-hydrogen) atoms. The third-order valence-electron chi connectivity index (χ3n) is 6.24. The highest BCUT2D eigenvalue weighted by atomic mass is 79.9. The molecule has 0 unspecified atom stereocenters. The van der Waals surface area contributed by atoms with Crippen LogP contribution in [0, 0.1) is 0 Å². The van der Waals surface area contributed by atoms with Crippen molar-refractivity contribution in [3.63, 3.8) is 0 Å². The fraction of sp³-hybridized carbons (Fsp3) is 0.200. The van der Waals surface area contributed by atoms with Crippen molar-refractivity contribution in [2.45, 2.75) is 38.0 Å². The lowest BCUT2D eigenvalue weighted by molar-refractivity contribution is -0.224. The fourth-order valence-electron chi connectivity index (χ4n) is 4.41. The number of rotatable bonds is 10. The van der Waals surface area contributed by atoms with Crippen molar-refractivity contribution in [2.75, 3.05) is 0 Å². The van der Waals surface area contributed by atoms with Crippen LogP contribution in [0.4, 0.5) is 17.6 Å². The van der Waals surface area contributed by atoms with E-state index in [-0.39, 0.29) is 35.6 Å². The van der Waals surface area contributed by atoms with Gasteiger partial charge in [0.15, 0.2) is 0 Å². The van der Waals surface area contributed by atoms with E-state index in [4.69, 9.17) is 5.73 Å². The number of benzene rings is 4. The van der Waals surface area contributed by atoms with E-state index in [9.17, 15) is 0 Å². The average molecular weight is 573 g/mol. The van der Waals surface area contributed by atoms with Gasteiger partial charge in [0.25, 0.3) is 0 Å². The molecular weight excluding hydrogens is 544 g/mol. The molecule has 2 nitrogen and oxygen atoms in total. The molecule has 0 bridgehead atoms. The van der Waals surface area contributed by atoms with Gasteiger partial charge in [-0.05, 0) is 22.3 Å². The molecule has 0 atom stereocenters. The highest BCUT2D eigenvalue weighted by Crippen LogP contribution is 2.50. The molecule has 0 saturated carbocycles. The Morgan fingerprint density at radius 2 is 1.05 bits per heavy atom. The van der Waals surface area contributed by atoms with E-state index < -0.39 is 23.0 Å². The van der Waals surface area contributed by atoms with Gasteiger partial charge in [-0.3, -0.25) is 4.90 Å². The van der Waals surface area contributed by atoms with Crippen molar-refractivity contribution < 1.29 is 17.6 Å². The summed E-state index contributed by atoms with van der Waals surface area (Å²) in [4.78, 5) is 2.09. The summed E-state index contributed by atoms with van der Waals surface area (Å²) in [5.41, 5.74) is 7.10. The molecule has 0 radical (unpaired) electrons. The van der Waals surface area contributed by atoms with E-state index in [1.165, 1.54) is 24.3 Å². The third kappa shape index (κ3) is 6.47. The van der Waals surface area contributed by atoms with E-state index in [1.807, 2.05) is 60.7 Å². The molecular formula is C30H29BrF4N2. The standard InChI is InChI=1S/C30H28F4N2.BrH/c31-29(32,26-16-8-3-9-17-26)30(33,34)28-18-10-15-25(27(28)19-35)22-36(20-23-11-4-1-5-12-23)21-24-13-6-2-7-14-24;/h1-18H,19-22,35H2;1H. The van der Waals surface area contributed by atoms with Gasteiger partial charge in [-0.15, -0.1) is 17.0 Å². The molecule has 0 aromatic heterocycles. The molecule has 7 heteroatoms. The van der Waals surface area contributed by atoms with E-state index in [1.54, 1.807) is 6.07 Å². The Kier molecular flexibility index (Phi) is 9.65. The van der Waals surface area contributed by atoms with Crippen LogP contribution in [-0.4, -0.2) is 4.90 Å². The van der Waals surface area contributed by atoms with Crippen molar-refractivity contribution >= 4 is 17.0 Å². The molecule has 0 saturated heterocycles. The number of halogens is 5. The number of alkyl halides is 4. The Labute approximate surface area is 225 Å². The average Bonchev–Trinajstić information content (AvgIpc) is 2.90. The molecule has 0 amide bonds. The molecule has 0 fully saturated rings. The Hall–Kier alpha value is -3.00. The second kappa shape index (κ2) is 12.5. The fourth-order valence-corrected chi connectivity index (χ4v) is 4.41. The van der Waals surface area contributed by atoms with Crippen molar-refractivity contribution in [2.24, 2.45) is 5.73 Å². The second-order valence-corrected chi connectivity index (χ2v) is 8.78. The maximum absolute atomic E-state index is 15.5. The molecule has 4 aromatic carbocycles. The molecule has 0 aliphatic rings. The highest BCUT2D eigenvalue weighted by Gasteiger charge is 2.59. The van der Waals surface area contributed by atoms with Crippen LogP contribution in [0.1, 0.15) is 33.4 Å². The number of hydrogen-bond acceptors (Lipinski definition) is 2. The quantitative estimate of drug-likeness (QED) is 0.196. The van der Waals surface area contributed by atoms with Crippen LogP contribution in [0.15, 0.2) is 109 Å². The van der Waals surface area contributed by atoms with Crippen molar-refractivity contribution in [3.05, 3.63) is 143 Å². The van der Waals surface area contributed by atoms with E-state index >= 15 is 17.6 Å². The summed E-state index contributed by atoms with van der Waals surface area (Å²) < 4.78 is 61.1. The van der Waals surface area contributed by atoms with Crippen molar-refractivity contribution in [3.8, 4) is 0 Å². The summed E-state index contributed by atoms with van der Waals surface area (Å²) in [5, 5.41) is 0. The molecule has 0 aliphatic heterocycles. The Morgan fingerprint density at radius 1 is 0.568 bits per heavy atom. The maximum atomic E-state index is 15.5. The van der Waals surface area contributed by atoms with Gasteiger partial charge in [0.2, 0.25) is 0 Å². The van der Waals surface area contributed by atoms with Crippen LogP contribution >= 0.6 is 17.0 Å². The molecule has 2 N–H and O–H groups in total. The summed E-state index contributed by atoms with van der Waals surface area (Å²) in [5.74, 6) is -8.84. The van der Waals surface area contributed by atoms with Crippen LogP contribution in [0.5, 0.6) is 0 Å². The van der Waals surface area contributed by atoms with Crippen molar-refractivity contribution in [1.29, 1.82) is 0 Å². The van der Waals surface area contributed by atoms with Crippen LogP contribution < -0.4 is 5.73 Å². The first-order valence-corrected chi connectivity index (χ1v) is 11.8. The summed E-state index contributed by atoms with van der Waals surface area (Å²) >= 11 is 0. The van der Waals surface area contributed by atoms with Gasteiger partial charge in [0.05, 0.1) is 0 Å². The number of hydrogen-bond donors (Lipinski definition) is 1. The minimum atomic E-state index is -4.44. The Bertz CT molecular complexity index is 1210. The largest absolute Gasteiger partial charge is 0.340 e.